The lowest BCUT2D eigenvalue weighted by molar-refractivity contribution is -0.132. The van der Waals surface area contributed by atoms with Crippen molar-refractivity contribution in [1.82, 2.24) is 19.1 Å². The largest absolute Gasteiger partial charge is 0.450 e. The number of nitrogens with zero attached hydrogens (tertiary/aromatic N) is 4. The van der Waals surface area contributed by atoms with Crippen molar-refractivity contribution in [1.29, 1.82) is 0 Å². The molecule has 1 fully saturated rings. The minimum atomic E-state index is -3.44. The normalized spacial score (nSPS) is 15.1. The number of hydrogen-bond donors (Lipinski definition) is 0. The van der Waals surface area contributed by atoms with Crippen LogP contribution in [-0.2, 0) is 26.1 Å². The van der Waals surface area contributed by atoms with Gasteiger partial charge in [0, 0.05) is 58.1 Å². The van der Waals surface area contributed by atoms with E-state index in [4.69, 9.17) is 4.74 Å². The Morgan fingerprint density at radius 3 is 2.30 bits per heavy atom. The van der Waals surface area contributed by atoms with Gasteiger partial charge in [-0.05, 0) is 24.6 Å². The molecule has 10 heteroatoms. The van der Waals surface area contributed by atoms with E-state index in [-0.39, 0.29) is 31.5 Å². The van der Waals surface area contributed by atoms with Crippen molar-refractivity contribution < 1.29 is 22.7 Å². The van der Waals surface area contributed by atoms with Gasteiger partial charge in [-0.25, -0.2) is 13.2 Å². The second-order valence-electron chi connectivity index (χ2n) is 6.27. The Bertz CT molecular complexity index is 733. The van der Waals surface area contributed by atoms with E-state index < -0.39 is 10.0 Å². The molecule has 0 aliphatic carbocycles. The highest BCUT2D eigenvalue weighted by molar-refractivity contribution is 7.88. The summed E-state index contributed by atoms with van der Waals surface area (Å²) in [5.41, 5.74) is 0.811. The van der Waals surface area contributed by atoms with E-state index >= 15 is 0 Å². The van der Waals surface area contributed by atoms with Gasteiger partial charge in [0.2, 0.25) is 15.9 Å². The van der Waals surface area contributed by atoms with Crippen LogP contribution < -0.4 is 0 Å². The van der Waals surface area contributed by atoms with Crippen LogP contribution in [0, 0.1) is 0 Å². The zero-order valence-electron chi connectivity index (χ0n) is 15.7. The zero-order chi connectivity index (χ0) is 19.9. The SMILES string of the molecule is CCOC(=O)N1CCN(C(=O)CCN(Cc2ccncc2)S(C)(=O)=O)CC1. The highest BCUT2D eigenvalue weighted by atomic mass is 32.2. The molecule has 1 aliphatic rings. The third-order valence-electron chi connectivity index (χ3n) is 4.31. The Labute approximate surface area is 160 Å². The van der Waals surface area contributed by atoms with Crippen molar-refractivity contribution in [3.05, 3.63) is 30.1 Å². The Kier molecular flexibility index (Phi) is 7.55. The number of carbonyl (C=O) groups excluding carboxylic acids is 2. The number of ether oxygens (including phenoxy) is 1. The van der Waals surface area contributed by atoms with Gasteiger partial charge in [-0.3, -0.25) is 9.78 Å². The summed E-state index contributed by atoms with van der Waals surface area (Å²) in [5.74, 6) is -0.123. The zero-order valence-corrected chi connectivity index (χ0v) is 16.5. The Balaban J connectivity index is 1.86. The number of sulfonamides is 1. The average Bonchev–Trinajstić information content (AvgIpc) is 2.65. The van der Waals surface area contributed by atoms with Crippen LogP contribution in [0.4, 0.5) is 4.79 Å². The highest BCUT2D eigenvalue weighted by Crippen LogP contribution is 2.11. The van der Waals surface area contributed by atoms with Gasteiger partial charge in [0.1, 0.15) is 0 Å². The number of amides is 2. The van der Waals surface area contributed by atoms with Crippen LogP contribution in [0.1, 0.15) is 18.9 Å². The van der Waals surface area contributed by atoms with E-state index in [2.05, 4.69) is 4.98 Å². The van der Waals surface area contributed by atoms with Gasteiger partial charge in [0.25, 0.3) is 0 Å². The maximum atomic E-state index is 12.4. The number of aromatic nitrogens is 1. The van der Waals surface area contributed by atoms with Crippen molar-refractivity contribution >= 4 is 22.0 Å². The number of piperazine rings is 1. The summed E-state index contributed by atoms with van der Waals surface area (Å²) in [6.07, 6.45) is 4.06. The minimum Gasteiger partial charge on any atom is -0.450 e. The van der Waals surface area contributed by atoms with E-state index in [0.717, 1.165) is 11.8 Å². The molecule has 0 bridgehead atoms. The maximum Gasteiger partial charge on any atom is 0.409 e. The van der Waals surface area contributed by atoms with E-state index in [9.17, 15) is 18.0 Å². The summed E-state index contributed by atoms with van der Waals surface area (Å²) < 4.78 is 30.3. The van der Waals surface area contributed by atoms with Crippen LogP contribution in [0.3, 0.4) is 0 Å². The molecule has 0 N–H and O–H groups in total. The molecule has 1 aliphatic heterocycles. The second-order valence-corrected chi connectivity index (χ2v) is 8.25. The van der Waals surface area contributed by atoms with E-state index in [1.807, 2.05) is 0 Å². The first-order valence-corrected chi connectivity index (χ1v) is 10.7. The van der Waals surface area contributed by atoms with Crippen LogP contribution in [0.15, 0.2) is 24.5 Å². The molecule has 2 amide bonds. The Hall–Kier alpha value is -2.20. The van der Waals surface area contributed by atoms with E-state index in [1.165, 1.54) is 4.31 Å². The summed E-state index contributed by atoms with van der Waals surface area (Å²) >= 11 is 0. The standard InChI is InChI=1S/C17H26N4O5S/c1-3-26-17(23)20-12-10-19(11-13-20)16(22)6-9-21(27(2,24)25)14-15-4-7-18-8-5-15/h4-5,7-8H,3,6,9-14H2,1-2H3. The van der Waals surface area contributed by atoms with Crippen molar-refractivity contribution in [3.63, 3.8) is 0 Å². The number of pyridine rings is 1. The molecule has 27 heavy (non-hydrogen) atoms. The number of rotatable bonds is 7. The highest BCUT2D eigenvalue weighted by Gasteiger charge is 2.26. The average molecular weight is 398 g/mol. The molecule has 0 unspecified atom stereocenters. The molecule has 1 aromatic heterocycles. The molecule has 0 aromatic carbocycles. The maximum absolute atomic E-state index is 12.4. The van der Waals surface area contributed by atoms with Gasteiger partial charge in [0.05, 0.1) is 12.9 Å². The summed E-state index contributed by atoms with van der Waals surface area (Å²) in [6, 6.07) is 3.49. The predicted octanol–water partition coefficient (Wildman–Crippen LogP) is 0.534. The van der Waals surface area contributed by atoms with Gasteiger partial charge in [-0.15, -0.1) is 0 Å². The predicted molar refractivity (Wildman–Crippen MR) is 99.3 cm³/mol. The van der Waals surface area contributed by atoms with Crippen LogP contribution in [-0.4, -0.2) is 85.1 Å². The first-order valence-electron chi connectivity index (χ1n) is 8.84. The van der Waals surface area contributed by atoms with Crippen LogP contribution in [0.25, 0.3) is 0 Å². The lowest BCUT2D eigenvalue weighted by Crippen LogP contribution is -2.51. The molecular weight excluding hydrogens is 372 g/mol. The van der Waals surface area contributed by atoms with Crippen molar-refractivity contribution in [2.75, 3.05) is 45.6 Å². The molecule has 9 nitrogen and oxygen atoms in total. The molecule has 0 spiro atoms. The first-order chi connectivity index (χ1) is 12.8. The number of carbonyl (C=O) groups is 2. The van der Waals surface area contributed by atoms with Crippen molar-refractivity contribution in [2.24, 2.45) is 0 Å². The molecule has 0 atom stereocenters. The smallest absolute Gasteiger partial charge is 0.409 e. The van der Waals surface area contributed by atoms with Gasteiger partial charge in [-0.2, -0.15) is 4.31 Å². The monoisotopic (exact) mass is 398 g/mol. The van der Waals surface area contributed by atoms with E-state index in [1.54, 1.807) is 41.2 Å². The van der Waals surface area contributed by atoms with Gasteiger partial charge >= 0.3 is 6.09 Å². The quantitative estimate of drug-likeness (QED) is 0.664. The fourth-order valence-electron chi connectivity index (χ4n) is 2.79. The summed E-state index contributed by atoms with van der Waals surface area (Å²) in [7, 11) is -3.44. The molecule has 1 aromatic rings. The van der Waals surface area contributed by atoms with Crippen LogP contribution in [0.2, 0.25) is 0 Å². The summed E-state index contributed by atoms with van der Waals surface area (Å²) in [4.78, 5) is 31.3. The van der Waals surface area contributed by atoms with Gasteiger partial charge in [0.15, 0.2) is 0 Å². The Morgan fingerprint density at radius 1 is 1.15 bits per heavy atom. The Morgan fingerprint density at radius 2 is 1.74 bits per heavy atom. The molecule has 1 saturated heterocycles. The third kappa shape index (κ3) is 6.47. The topological polar surface area (TPSA) is 100 Å². The van der Waals surface area contributed by atoms with Gasteiger partial charge in [-0.1, -0.05) is 0 Å². The van der Waals surface area contributed by atoms with Crippen molar-refractivity contribution in [2.45, 2.75) is 19.9 Å². The molecule has 2 heterocycles. The summed E-state index contributed by atoms with van der Waals surface area (Å²) in [6.45, 7) is 4.04. The molecule has 2 rings (SSSR count). The molecule has 150 valence electrons. The molecule has 0 radical (unpaired) electrons. The van der Waals surface area contributed by atoms with E-state index in [0.29, 0.717) is 32.8 Å². The van der Waals surface area contributed by atoms with Gasteiger partial charge < -0.3 is 14.5 Å². The lowest BCUT2D eigenvalue weighted by atomic mass is 10.2. The van der Waals surface area contributed by atoms with Crippen molar-refractivity contribution in [3.8, 4) is 0 Å². The van der Waals surface area contributed by atoms with Crippen LogP contribution in [0.5, 0.6) is 0 Å². The summed E-state index contributed by atoms with van der Waals surface area (Å²) in [5, 5.41) is 0. The molecular formula is C17H26N4O5S. The second kappa shape index (κ2) is 9.65. The first kappa shape index (κ1) is 21.1. The van der Waals surface area contributed by atoms with Crippen LogP contribution >= 0.6 is 0 Å². The molecule has 0 saturated carbocycles. The fraction of sp³-hybridized carbons (Fsp3) is 0.588. The number of hydrogen-bond acceptors (Lipinski definition) is 6. The third-order valence-corrected chi connectivity index (χ3v) is 5.56. The minimum absolute atomic E-state index is 0.0948. The fourth-order valence-corrected chi connectivity index (χ4v) is 3.59. The lowest BCUT2D eigenvalue weighted by Gasteiger charge is -2.34.